The Morgan fingerprint density at radius 3 is 2.67 bits per heavy atom. The van der Waals surface area contributed by atoms with E-state index in [2.05, 4.69) is 26.1 Å². The lowest BCUT2D eigenvalue weighted by Crippen LogP contribution is -2.71. The molecule has 4 rings (SSSR count). The first-order chi connectivity index (χ1) is 20.4. The Morgan fingerprint density at radius 1 is 1.33 bits per heavy atom. The molecule has 0 aliphatic carbocycles. The summed E-state index contributed by atoms with van der Waals surface area (Å²) in [6.45, 7) is 2.78. The van der Waals surface area contributed by atoms with Crippen molar-refractivity contribution in [2.45, 2.75) is 31.0 Å². The molecule has 0 bridgehead atoms. The molecular weight excluding hydrogens is 626 g/mol. The van der Waals surface area contributed by atoms with Crippen LogP contribution in [0.1, 0.15) is 12.6 Å². The third-order valence-corrected chi connectivity index (χ3v) is 8.76. The highest BCUT2D eigenvalue weighted by Gasteiger charge is 2.55. The lowest BCUT2D eigenvalue weighted by Gasteiger charge is -2.49. The first-order valence-electron chi connectivity index (χ1n) is 12.7. The number of halogens is 1. The highest BCUT2D eigenvalue weighted by molar-refractivity contribution is 8.00. The van der Waals surface area contributed by atoms with Crippen LogP contribution in [-0.2, 0) is 30.6 Å². The normalized spacial score (nSPS) is 18.9. The number of β-lactam (4-membered cyclic amide) rings is 1. The molecule has 0 aromatic carbocycles. The number of hydrogen-bond acceptors (Lipinski definition) is 13. The van der Waals surface area contributed by atoms with Gasteiger partial charge >= 0.3 is 11.9 Å². The number of nitrogens with one attached hydrogen (secondary N) is 3. The second-order valence-corrected chi connectivity index (χ2v) is 12.1. The summed E-state index contributed by atoms with van der Waals surface area (Å²) in [5.41, 5.74) is 12.7. The molecule has 0 radical (unpaired) electrons. The molecule has 2 amide bonds. The van der Waals surface area contributed by atoms with Gasteiger partial charge in [-0.15, -0.1) is 11.8 Å². The summed E-state index contributed by atoms with van der Waals surface area (Å²) >= 11 is 8.27. The maximum Gasteiger partial charge on any atom is 0.352 e. The number of anilines is 3. The second kappa shape index (κ2) is 13.4. The third-order valence-electron chi connectivity index (χ3n) is 6.34. The van der Waals surface area contributed by atoms with Crippen LogP contribution < -0.4 is 32.0 Å². The number of carboxylic acid groups (broad SMARTS) is 2. The molecule has 4 heterocycles. The molecule has 9 N–H and O–H groups in total. The van der Waals surface area contributed by atoms with Gasteiger partial charge in [0.15, 0.2) is 29.8 Å². The number of nitrogens with two attached hydrogens (primary N) is 2. The lowest BCUT2D eigenvalue weighted by atomic mass is 10.0. The summed E-state index contributed by atoms with van der Waals surface area (Å²) in [7, 11) is 1.84. The number of oxime groups is 1. The summed E-state index contributed by atoms with van der Waals surface area (Å²) in [6.07, 6.45) is 2.02. The summed E-state index contributed by atoms with van der Waals surface area (Å²) in [5, 5.41) is 30.8. The number of thiazole rings is 1. The Balaban J connectivity index is 1.52. The fraction of sp³-hybridized carbons (Fsp3) is 0.375. The lowest BCUT2D eigenvalue weighted by molar-refractivity contribution is -0.688. The molecule has 43 heavy (non-hydrogen) atoms. The maximum atomic E-state index is 13.2. The van der Waals surface area contributed by atoms with Crippen molar-refractivity contribution in [3.05, 3.63) is 39.8 Å². The number of likely N-dealkylation sites (N-methyl/N-ethyl adjacent to an activating group) is 1. The van der Waals surface area contributed by atoms with E-state index in [-0.39, 0.29) is 33.2 Å². The molecule has 0 spiro atoms. The molecule has 2 aliphatic heterocycles. The highest BCUT2D eigenvalue weighted by atomic mass is 35.5. The molecule has 2 unspecified atom stereocenters. The standard InChI is InChI=1S/C24H28ClN9O7S2/c1-10(22(37)38)41-32-15(14-18(25)43-24(27)31-14)19(35)30-16-20(36)34-17(23(39)40)11(9-42-21(16)34)7-33-6-3-13(12(26)8-33)29-5-4-28-2/h3,6,8,10,16,21,28H,4-5,7,9,26H2,1-2H3,(H5,27,30,31,35,37,38,39,40)/p+1/t10-,16?,21?/m0/s1. The second-order valence-electron chi connectivity index (χ2n) is 9.33. The SMILES string of the molecule is CNCCNc1cc[n+](CC2=C(C(=O)O)N3C(=O)C(NC(=O)C(=NO[C@@H](C)C(=O)O)c4nc(N)sc4Cl)C3SC2)cc1N. The van der Waals surface area contributed by atoms with Crippen LogP contribution in [0.15, 0.2) is 34.9 Å². The number of carboxylic acids is 2. The molecular formula is C24H29ClN9O7S2+. The number of nitrogens with zero attached hydrogens (tertiary/aromatic N) is 4. The molecule has 2 aromatic rings. The van der Waals surface area contributed by atoms with Crippen LogP contribution in [0, 0.1) is 0 Å². The van der Waals surface area contributed by atoms with Gasteiger partial charge in [0.25, 0.3) is 11.8 Å². The fourth-order valence-corrected chi connectivity index (χ4v) is 6.47. The quantitative estimate of drug-likeness (QED) is 0.0475. The number of nitrogen functional groups attached to an aromatic ring is 2. The zero-order valence-corrected chi connectivity index (χ0v) is 25.3. The topological polar surface area (TPSA) is 238 Å². The molecule has 3 atom stereocenters. The zero-order valence-electron chi connectivity index (χ0n) is 22.9. The molecule has 1 saturated heterocycles. The van der Waals surface area contributed by atoms with Crippen molar-refractivity contribution in [1.29, 1.82) is 0 Å². The Hall–Kier alpha value is -4.13. The number of hydrogen-bond donors (Lipinski definition) is 7. The number of amides is 2. The van der Waals surface area contributed by atoms with Crippen molar-refractivity contribution in [2.24, 2.45) is 5.16 Å². The van der Waals surface area contributed by atoms with Crippen LogP contribution in [0.4, 0.5) is 16.5 Å². The van der Waals surface area contributed by atoms with Crippen LogP contribution >= 0.6 is 34.7 Å². The van der Waals surface area contributed by atoms with Crippen LogP contribution in [0.5, 0.6) is 0 Å². The van der Waals surface area contributed by atoms with Crippen molar-refractivity contribution in [3.63, 3.8) is 0 Å². The van der Waals surface area contributed by atoms with E-state index >= 15 is 0 Å². The number of aromatic nitrogens is 2. The van der Waals surface area contributed by atoms with Crippen molar-refractivity contribution < 1.29 is 38.8 Å². The van der Waals surface area contributed by atoms with Gasteiger partial charge in [0.1, 0.15) is 32.8 Å². The zero-order chi connectivity index (χ0) is 31.4. The summed E-state index contributed by atoms with van der Waals surface area (Å²) in [6, 6.07) is 0.671. The highest BCUT2D eigenvalue weighted by Crippen LogP contribution is 2.40. The molecule has 19 heteroatoms. The van der Waals surface area contributed by atoms with E-state index in [0.717, 1.165) is 28.5 Å². The van der Waals surface area contributed by atoms with Gasteiger partial charge in [0, 0.05) is 30.5 Å². The number of carbonyl (C=O) groups excluding carboxylic acids is 2. The Kier molecular flexibility index (Phi) is 9.95. The van der Waals surface area contributed by atoms with Gasteiger partial charge in [-0.1, -0.05) is 28.1 Å². The number of thioether (sulfide) groups is 1. The molecule has 230 valence electrons. The predicted molar refractivity (Wildman–Crippen MR) is 159 cm³/mol. The smallest absolute Gasteiger partial charge is 0.352 e. The van der Waals surface area contributed by atoms with E-state index < -0.39 is 47.0 Å². The Labute approximate surface area is 258 Å². The number of rotatable bonds is 13. The van der Waals surface area contributed by atoms with Gasteiger partial charge in [-0.05, 0) is 14.0 Å². The first kappa shape index (κ1) is 31.8. The number of aliphatic carboxylic acids is 2. The maximum absolute atomic E-state index is 13.2. The fourth-order valence-electron chi connectivity index (χ4n) is 4.21. The van der Waals surface area contributed by atoms with Crippen LogP contribution in [0.25, 0.3) is 0 Å². The van der Waals surface area contributed by atoms with E-state index in [1.54, 1.807) is 23.0 Å². The number of carbonyl (C=O) groups is 4. The van der Waals surface area contributed by atoms with Crippen LogP contribution in [-0.4, -0.2) is 93.0 Å². The van der Waals surface area contributed by atoms with Crippen molar-refractivity contribution >= 4 is 80.7 Å². The minimum Gasteiger partial charge on any atom is -0.478 e. The van der Waals surface area contributed by atoms with Gasteiger partial charge in [-0.3, -0.25) is 14.5 Å². The minimum absolute atomic E-state index is 0.00719. The predicted octanol–water partition coefficient (Wildman–Crippen LogP) is -0.488. The van der Waals surface area contributed by atoms with Gasteiger partial charge in [-0.25, -0.2) is 14.6 Å². The van der Waals surface area contributed by atoms with Crippen LogP contribution in [0.2, 0.25) is 4.34 Å². The van der Waals surface area contributed by atoms with E-state index in [0.29, 0.717) is 17.8 Å². The Morgan fingerprint density at radius 2 is 2.07 bits per heavy atom. The first-order valence-corrected chi connectivity index (χ1v) is 14.9. The van der Waals surface area contributed by atoms with Gasteiger partial charge in [0.2, 0.25) is 6.10 Å². The molecule has 2 aliphatic rings. The third kappa shape index (κ3) is 6.93. The minimum atomic E-state index is -1.41. The average molecular weight is 655 g/mol. The van der Waals surface area contributed by atoms with E-state index in [1.807, 2.05) is 7.05 Å². The van der Waals surface area contributed by atoms with Crippen molar-refractivity contribution in [2.75, 3.05) is 42.7 Å². The number of fused-ring (bicyclic) bond motifs is 1. The van der Waals surface area contributed by atoms with Crippen molar-refractivity contribution in [3.8, 4) is 0 Å². The van der Waals surface area contributed by atoms with E-state index in [1.165, 1.54) is 18.7 Å². The largest absolute Gasteiger partial charge is 0.478 e. The van der Waals surface area contributed by atoms with Crippen molar-refractivity contribution in [1.82, 2.24) is 20.5 Å². The van der Waals surface area contributed by atoms with E-state index in [9.17, 15) is 24.3 Å². The molecule has 2 aromatic heterocycles. The monoisotopic (exact) mass is 654 g/mol. The molecule has 0 saturated carbocycles. The van der Waals surface area contributed by atoms with Gasteiger partial charge in [-0.2, -0.15) is 4.57 Å². The van der Waals surface area contributed by atoms with Gasteiger partial charge in [0.05, 0.1) is 5.69 Å². The molecule has 1 fully saturated rings. The van der Waals surface area contributed by atoms with E-state index in [4.69, 9.17) is 33.0 Å². The average Bonchev–Trinajstić information content (AvgIpc) is 3.29. The van der Waals surface area contributed by atoms with Crippen LogP contribution in [0.3, 0.4) is 0 Å². The summed E-state index contributed by atoms with van der Waals surface area (Å²) < 4.78 is 1.72. The summed E-state index contributed by atoms with van der Waals surface area (Å²) in [4.78, 5) is 59.9. The number of pyridine rings is 1. The molecule has 16 nitrogen and oxygen atoms in total. The summed E-state index contributed by atoms with van der Waals surface area (Å²) in [5.74, 6) is -3.97. The van der Waals surface area contributed by atoms with Gasteiger partial charge < -0.3 is 42.5 Å². The Bertz CT molecular complexity index is 1520.